The highest BCUT2D eigenvalue weighted by molar-refractivity contribution is 7.90. The number of anilines is 3. The van der Waals surface area contributed by atoms with Crippen molar-refractivity contribution in [1.82, 2.24) is 14.5 Å². The number of carbonyl (C=O) groups is 1. The summed E-state index contributed by atoms with van der Waals surface area (Å²) in [4.78, 5) is 26.9. The summed E-state index contributed by atoms with van der Waals surface area (Å²) in [5.41, 5.74) is 2.24. The molecule has 2 aliphatic heterocycles. The van der Waals surface area contributed by atoms with Crippen LogP contribution in [0, 0.1) is 12.8 Å². The van der Waals surface area contributed by atoms with Crippen molar-refractivity contribution in [2.24, 2.45) is 10.9 Å². The van der Waals surface area contributed by atoms with Crippen LogP contribution < -0.4 is 10.6 Å². The maximum absolute atomic E-state index is 12.9. The van der Waals surface area contributed by atoms with E-state index in [4.69, 9.17) is 19.4 Å². The second kappa shape index (κ2) is 9.84. The Bertz CT molecular complexity index is 1630. The summed E-state index contributed by atoms with van der Waals surface area (Å²) in [6, 6.07) is 6.76. The zero-order valence-electron chi connectivity index (χ0n) is 23.2. The average molecular weight is 567 g/mol. The number of sulfone groups is 1. The molecule has 1 atom stereocenters. The van der Waals surface area contributed by atoms with Crippen LogP contribution in [0.15, 0.2) is 34.2 Å². The van der Waals surface area contributed by atoms with E-state index in [1.54, 1.807) is 24.3 Å². The van der Waals surface area contributed by atoms with Crippen LogP contribution in [0.3, 0.4) is 0 Å². The molecule has 1 saturated carbocycles. The second-order valence-electron chi connectivity index (χ2n) is 11.5. The van der Waals surface area contributed by atoms with Crippen LogP contribution in [0.5, 0.6) is 0 Å². The van der Waals surface area contributed by atoms with E-state index in [0.29, 0.717) is 53.0 Å². The summed E-state index contributed by atoms with van der Waals surface area (Å²) < 4.78 is 39.6. The van der Waals surface area contributed by atoms with Crippen LogP contribution in [0.2, 0.25) is 0 Å². The van der Waals surface area contributed by atoms with Gasteiger partial charge in [0.15, 0.2) is 15.5 Å². The van der Waals surface area contributed by atoms with Gasteiger partial charge in [-0.15, -0.1) is 0 Å². The lowest BCUT2D eigenvalue weighted by Gasteiger charge is -2.25. The zero-order valence-corrected chi connectivity index (χ0v) is 24.0. The van der Waals surface area contributed by atoms with Gasteiger partial charge >= 0.3 is 0 Å². The molecule has 1 aromatic carbocycles. The molecule has 12 heteroatoms. The molecule has 2 fully saturated rings. The Balaban J connectivity index is 1.44. The van der Waals surface area contributed by atoms with Gasteiger partial charge in [0.2, 0.25) is 11.8 Å². The lowest BCUT2D eigenvalue weighted by Crippen LogP contribution is -2.20. The van der Waals surface area contributed by atoms with E-state index >= 15 is 0 Å². The third-order valence-electron chi connectivity index (χ3n) is 7.33. The molecule has 1 unspecified atom stereocenters. The van der Waals surface area contributed by atoms with Crippen molar-refractivity contribution in [2.75, 3.05) is 30.1 Å². The molecule has 0 spiro atoms. The van der Waals surface area contributed by atoms with Crippen LogP contribution in [0.4, 0.5) is 17.2 Å². The molecule has 212 valence electrons. The molecular formula is C28H34N6O5S. The van der Waals surface area contributed by atoms with Crippen LogP contribution in [0.1, 0.15) is 63.6 Å². The number of aryl methyl sites for hydroxylation is 1. The van der Waals surface area contributed by atoms with Crippen molar-refractivity contribution >= 4 is 50.0 Å². The Morgan fingerprint density at radius 2 is 1.90 bits per heavy atom. The standard InChI is InChI=1S/C28H34N6O5S/c1-16-29-24-20(30-19-11-10-18(13-21(19)40(4,36)37)27-33-28(2,3)15-39-27)14-22(32-26(35)17-8-9-17)31-25(24)34(16)23-7-5-6-12-38-23/h10-11,13-14,17,23H,5-9,12,15H2,1-4H3,(H2,30,31,32,35). The van der Waals surface area contributed by atoms with Gasteiger partial charge in [0.25, 0.3) is 0 Å². The number of amides is 1. The van der Waals surface area contributed by atoms with Crippen molar-refractivity contribution in [3.8, 4) is 0 Å². The van der Waals surface area contributed by atoms with Crippen molar-refractivity contribution in [1.29, 1.82) is 0 Å². The minimum atomic E-state index is -3.64. The SMILES string of the molecule is Cc1nc2c(Nc3ccc(C4=NC(C)(C)CO4)cc3S(C)(=O)=O)cc(NC(=O)C3CC3)nc2n1C1CCCCO1. The predicted octanol–water partition coefficient (Wildman–Crippen LogP) is 4.49. The quantitative estimate of drug-likeness (QED) is 0.427. The van der Waals surface area contributed by atoms with Crippen molar-refractivity contribution < 1.29 is 22.7 Å². The molecule has 0 radical (unpaired) electrons. The normalized spacial score (nSPS) is 20.7. The van der Waals surface area contributed by atoms with Gasteiger partial charge in [-0.3, -0.25) is 9.36 Å². The Labute approximate surface area is 233 Å². The average Bonchev–Trinajstić information content (AvgIpc) is 3.61. The molecule has 3 aromatic rings. The first-order valence-electron chi connectivity index (χ1n) is 13.6. The Hall–Kier alpha value is -3.51. The number of imidazole rings is 1. The molecule has 1 saturated heterocycles. The number of fused-ring (bicyclic) bond motifs is 1. The molecule has 1 aliphatic carbocycles. The van der Waals surface area contributed by atoms with Gasteiger partial charge in [0.1, 0.15) is 30.0 Å². The number of ether oxygens (including phenoxy) is 2. The minimum absolute atomic E-state index is 0.00249. The third kappa shape index (κ3) is 5.29. The minimum Gasteiger partial charge on any atom is -0.475 e. The van der Waals surface area contributed by atoms with E-state index in [1.165, 1.54) is 6.26 Å². The zero-order chi connectivity index (χ0) is 28.2. The van der Waals surface area contributed by atoms with Gasteiger partial charge in [0.05, 0.1) is 21.8 Å². The fourth-order valence-electron chi connectivity index (χ4n) is 5.12. The summed E-state index contributed by atoms with van der Waals surface area (Å²) in [6.45, 7) is 6.89. The summed E-state index contributed by atoms with van der Waals surface area (Å²) in [6.07, 6.45) is 5.55. The number of nitrogens with zero attached hydrogens (tertiary/aromatic N) is 4. The number of hydrogen-bond donors (Lipinski definition) is 2. The maximum Gasteiger partial charge on any atom is 0.228 e. The van der Waals surface area contributed by atoms with Crippen LogP contribution >= 0.6 is 0 Å². The van der Waals surface area contributed by atoms with E-state index < -0.39 is 9.84 Å². The van der Waals surface area contributed by atoms with E-state index in [1.807, 2.05) is 25.3 Å². The van der Waals surface area contributed by atoms with E-state index in [-0.39, 0.29) is 28.5 Å². The fraction of sp³-hybridized carbons (Fsp3) is 0.500. The van der Waals surface area contributed by atoms with Crippen LogP contribution in [-0.2, 0) is 24.1 Å². The Morgan fingerprint density at radius 3 is 2.55 bits per heavy atom. The van der Waals surface area contributed by atoms with Crippen molar-refractivity contribution in [3.05, 3.63) is 35.7 Å². The van der Waals surface area contributed by atoms with Gasteiger partial charge in [-0.25, -0.2) is 23.4 Å². The third-order valence-corrected chi connectivity index (χ3v) is 8.47. The maximum atomic E-state index is 12.9. The number of hydrogen-bond acceptors (Lipinski definition) is 9. The number of pyridine rings is 1. The number of rotatable bonds is 7. The van der Waals surface area contributed by atoms with Gasteiger partial charge < -0.3 is 20.1 Å². The van der Waals surface area contributed by atoms with Crippen LogP contribution in [-0.4, -0.2) is 59.8 Å². The summed E-state index contributed by atoms with van der Waals surface area (Å²) in [5.74, 6) is 1.44. The second-order valence-corrected chi connectivity index (χ2v) is 13.5. The smallest absolute Gasteiger partial charge is 0.228 e. The van der Waals surface area contributed by atoms with Gasteiger partial charge in [0, 0.05) is 30.4 Å². The first-order chi connectivity index (χ1) is 19.0. The van der Waals surface area contributed by atoms with Crippen molar-refractivity contribution in [3.63, 3.8) is 0 Å². The Kier molecular flexibility index (Phi) is 6.57. The molecular weight excluding hydrogens is 532 g/mol. The number of carbonyl (C=O) groups excluding carboxylic acids is 1. The first kappa shape index (κ1) is 26.7. The molecule has 0 bridgehead atoms. The number of benzene rings is 1. The predicted molar refractivity (Wildman–Crippen MR) is 152 cm³/mol. The van der Waals surface area contributed by atoms with Crippen LogP contribution in [0.25, 0.3) is 11.2 Å². The molecule has 2 N–H and O–H groups in total. The monoisotopic (exact) mass is 566 g/mol. The van der Waals surface area contributed by atoms with E-state index in [2.05, 4.69) is 15.6 Å². The first-order valence-corrected chi connectivity index (χ1v) is 15.5. The van der Waals surface area contributed by atoms with Gasteiger partial charge in [-0.2, -0.15) is 0 Å². The lowest BCUT2D eigenvalue weighted by atomic mass is 10.1. The highest BCUT2D eigenvalue weighted by Gasteiger charge is 2.31. The van der Waals surface area contributed by atoms with Gasteiger partial charge in [-0.05, 0) is 71.1 Å². The molecule has 2 aromatic heterocycles. The highest BCUT2D eigenvalue weighted by Crippen LogP contribution is 2.36. The topological polar surface area (TPSA) is 137 Å². The largest absolute Gasteiger partial charge is 0.475 e. The molecule has 3 aliphatic rings. The summed E-state index contributed by atoms with van der Waals surface area (Å²) in [7, 11) is -3.64. The molecule has 6 rings (SSSR count). The molecule has 11 nitrogen and oxygen atoms in total. The van der Waals surface area contributed by atoms with Crippen molar-refractivity contribution in [2.45, 2.75) is 69.5 Å². The highest BCUT2D eigenvalue weighted by atomic mass is 32.2. The lowest BCUT2D eigenvalue weighted by molar-refractivity contribution is -0.117. The Morgan fingerprint density at radius 1 is 1.10 bits per heavy atom. The number of aromatic nitrogens is 3. The molecule has 40 heavy (non-hydrogen) atoms. The number of nitrogens with one attached hydrogen (secondary N) is 2. The fourth-order valence-corrected chi connectivity index (χ4v) is 5.98. The molecule has 4 heterocycles. The van der Waals surface area contributed by atoms with E-state index in [9.17, 15) is 13.2 Å². The summed E-state index contributed by atoms with van der Waals surface area (Å²) >= 11 is 0. The molecule has 1 amide bonds. The number of aliphatic imine (C=N–C) groups is 1. The summed E-state index contributed by atoms with van der Waals surface area (Å²) in [5, 5.41) is 6.23. The van der Waals surface area contributed by atoms with E-state index in [0.717, 1.165) is 37.9 Å². The van der Waals surface area contributed by atoms with Gasteiger partial charge in [-0.1, -0.05) is 0 Å².